The number of nitrogens with zero attached hydrogens (tertiary/aromatic N) is 2. The molecule has 1 aliphatic rings. The molecule has 0 bridgehead atoms. The Kier molecular flexibility index (Phi) is 6.24. The van der Waals surface area contributed by atoms with Gasteiger partial charge in [0.2, 0.25) is 0 Å². The molecule has 1 heterocycles. The number of anilines is 1. The zero-order valence-electron chi connectivity index (χ0n) is 15.7. The zero-order chi connectivity index (χ0) is 19.4. The van der Waals surface area contributed by atoms with Crippen LogP contribution in [-0.2, 0) is 11.3 Å². The first-order chi connectivity index (χ1) is 12.9. The summed E-state index contributed by atoms with van der Waals surface area (Å²) in [7, 11) is 3.98. The van der Waals surface area contributed by atoms with Gasteiger partial charge in [0.05, 0.1) is 11.7 Å². The second kappa shape index (κ2) is 8.63. The van der Waals surface area contributed by atoms with Crippen LogP contribution in [0.3, 0.4) is 0 Å². The van der Waals surface area contributed by atoms with Gasteiger partial charge in [0.15, 0.2) is 0 Å². The molecule has 144 valence electrons. The van der Waals surface area contributed by atoms with Crippen molar-refractivity contribution in [1.82, 2.24) is 4.90 Å². The average molecular weight is 389 g/mol. The van der Waals surface area contributed by atoms with Crippen LogP contribution in [-0.4, -0.2) is 49.3 Å². The van der Waals surface area contributed by atoms with E-state index >= 15 is 0 Å². The number of rotatable bonds is 6. The lowest BCUT2D eigenvalue weighted by Gasteiger charge is -2.26. The maximum atomic E-state index is 13.1. The Balaban J connectivity index is 1.83. The second-order valence-corrected chi connectivity index (χ2v) is 7.48. The molecule has 1 atom stereocenters. The molecule has 3 rings (SSSR count). The van der Waals surface area contributed by atoms with Crippen molar-refractivity contribution in [3.05, 3.63) is 58.6 Å². The maximum absolute atomic E-state index is 13.1. The van der Waals surface area contributed by atoms with Crippen molar-refractivity contribution in [3.63, 3.8) is 0 Å². The highest BCUT2D eigenvalue weighted by molar-refractivity contribution is 6.31. The van der Waals surface area contributed by atoms with Gasteiger partial charge < -0.3 is 19.6 Å². The van der Waals surface area contributed by atoms with Crippen molar-refractivity contribution in [2.45, 2.75) is 25.5 Å². The van der Waals surface area contributed by atoms with E-state index in [0.29, 0.717) is 18.1 Å². The van der Waals surface area contributed by atoms with Crippen LogP contribution < -0.4 is 4.90 Å². The highest BCUT2D eigenvalue weighted by atomic mass is 35.5. The standard InChI is InChI=1S/C21H25ClN2O3/c1-23(2)17-8-5-15(6-9-17)13-24(14-18-4-3-11-27-18)21(26)19-12-16(22)7-10-20(19)25/h5-10,12,18,25H,3-4,11,13-14H2,1-2H3. The Hall–Kier alpha value is -2.24. The quantitative estimate of drug-likeness (QED) is 0.814. The minimum absolute atomic E-state index is 0.0244. The molecular weight excluding hydrogens is 364 g/mol. The van der Waals surface area contributed by atoms with Crippen LogP contribution in [0.5, 0.6) is 5.75 Å². The summed E-state index contributed by atoms with van der Waals surface area (Å²) in [5.41, 5.74) is 2.34. The van der Waals surface area contributed by atoms with Crippen molar-refractivity contribution >= 4 is 23.2 Å². The van der Waals surface area contributed by atoms with E-state index in [2.05, 4.69) is 0 Å². The van der Waals surface area contributed by atoms with Gasteiger partial charge in [0.1, 0.15) is 5.75 Å². The van der Waals surface area contributed by atoms with E-state index in [-0.39, 0.29) is 23.3 Å². The van der Waals surface area contributed by atoms with Crippen molar-refractivity contribution in [3.8, 4) is 5.75 Å². The van der Waals surface area contributed by atoms with Crippen LogP contribution in [0.4, 0.5) is 5.69 Å². The Bertz CT molecular complexity index is 787. The summed E-state index contributed by atoms with van der Waals surface area (Å²) in [6.45, 7) is 1.66. The highest BCUT2D eigenvalue weighted by Gasteiger charge is 2.25. The molecule has 1 N–H and O–H groups in total. The minimum atomic E-state index is -0.248. The zero-order valence-corrected chi connectivity index (χ0v) is 16.4. The number of carbonyl (C=O) groups excluding carboxylic acids is 1. The van der Waals surface area contributed by atoms with E-state index in [9.17, 15) is 9.90 Å². The summed E-state index contributed by atoms with van der Waals surface area (Å²) in [5.74, 6) is -0.313. The number of halogens is 1. The SMILES string of the molecule is CN(C)c1ccc(CN(CC2CCCO2)C(=O)c2cc(Cl)ccc2O)cc1. The highest BCUT2D eigenvalue weighted by Crippen LogP contribution is 2.25. The normalized spacial score (nSPS) is 16.3. The van der Waals surface area contributed by atoms with Crippen LogP contribution in [0, 0.1) is 0 Å². The van der Waals surface area contributed by atoms with Gasteiger partial charge in [0, 0.05) is 44.5 Å². The largest absolute Gasteiger partial charge is 0.507 e. The number of phenols is 1. The van der Waals surface area contributed by atoms with Gasteiger partial charge >= 0.3 is 0 Å². The fraction of sp³-hybridized carbons (Fsp3) is 0.381. The summed E-state index contributed by atoms with van der Waals surface area (Å²) in [6.07, 6.45) is 1.97. The molecule has 5 nitrogen and oxygen atoms in total. The lowest BCUT2D eigenvalue weighted by Crippen LogP contribution is -2.37. The van der Waals surface area contributed by atoms with Crippen LogP contribution in [0.15, 0.2) is 42.5 Å². The molecule has 0 aliphatic carbocycles. The van der Waals surface area contributed by atoms with Gasteiger partial charge in [-0.2, -0.15) is 0 Å². The molecule has 2 aromatic rings. The number of ether oxygens (including phenoxy) is 1. The number of hydrogen-bond donors (Lipinski definition) is 1. The Labute approximate surface area is 165 Å². The van der Waals surface area contributed by atoms with Gasteiger partial charge in [-0.05, 0) is 48.7 Å². The molecule has 2 aromatic carbocycles. The van der Waals surface area contributed by atoms with E-state index in [1.165, 1.54) is 12.1 Å². The average Bonchev–Trinajstić information content (AvgIpc) is 3.16. The smallest absolute Gasteiger partial charge is 0.258 e. The summed E-state index contributed by atoms with van der Waals surface area (Å²) < 4.78 is 5.72. The molecular formula is C21H25ClN2O3. The summed E-state index contributed by atoms with van der Waals surface area (Å²) in [5, 5.41) is 10.6. The van der Waals surface area contributed by atoms with E-state index in [1.807, 2.05) is 43.3 Å². The molecule has 1 saturated heterocycles. The van der Waals surface area contributed by atoms with E-state index in [0.717, 1.165) is 30.7 Å². The number of aromatic hydroxyl groups is 1. The molecule has 1 unspecified atom stereocenters. The van der Waals surface area contributed by atoms with Gasteiger partial charge in [-0.3, -0.25) is 4.79 Å². The predicted molar refractivity (Wildman–Crippen MR) is 108 cm³/mol. The van der Waals surface area contributed by atoms with Gasteiger partial charge in [-0.25, -0.2) is 0 Å². The first-order valence-corrected chi connectivity index (χ1v) is 9.47. The molecule has 0 aromatic heterocycles. The van der Waals surface area contributed by atoms with Crippen molar-refractivity contribution in [1.29, 1.82) is 0 Å². The van der Waals surface area contributed by atoms with Crippen LogP contribution in [0.2, 0.25) is 5.02 Å². The Morgan fingerprint density at radius 3 is 2.59 bits per heavy atom. The van der Waals surface area contributed by atoms with E-state index in [4.69, 9.17) is 16.3 Å². The van der Waals surface area contributed by atoms with Crippen LogP contribution in [0.1, 0.15) is 28.8 Å². The number of phenolic OH excluding ortho intramolecular Hbond substituents is 1. The second-order valence-electron chi connectivity index (χ2n) is 7.04. The van der Waals surface area contributed by atoms with E-state index < -0.39 is 0 Å². The maximum Gasteiger partial charge on any atom is 0.258 e. The summed E-state index contributed by atoms with van der Waals surface area (Å²) in [6, 6.07) is 12.6. The summed E-state index contributed by atoms with van der Waals surface area (Å²) in [4.78, 5) is 16.9. The fourth-order valence-corrected chi connectivity index (χ4v) is 3.40. The Morgan fingerprint density at radius 2 is 1.96 bits per heavy atom. The molecule has 1 fully saturated rings. The number of carbonyl (C=O) groups is 1. The molecule has 6 heteroatoms. The predicted octanol–water partition coefficient (Wildman–Crippen LogP) is 3.93. The lowest BCUT2D eigenvalue weighted by molar-refractivity contribution is 0.0505. The summed E-state index contributed by atoms with van der Waals surface area (Å²) >= 11 is 6.03. The van der Waals surface area contributed by atoms with Crippen molar-refractivity contribution in [2.24, 2.45) is 0 Å². The van der Waals surface area contributed by atoms with Gasteiger partial charge in [0.25, 0.3) is 5.91 Å². The monoisotopic (exact) mass is 388 g/mol. The van der Waals surface area contributed by atoms with Crippen molar-refractivity contribution in [2.75, 3.05) is 32.1 Å². The minimum Gasteiger partial charge on any atom is -0.507 e. The third-order valence-electron chi connectivity index (χ3n) is 4.75. The molecule has 1 aliphatic heterocycles. The van der Waals surface area contributed by atoms with E-state index in [1.54, 1.807) is 11.0 Å². The number of benzene rings is 2. The third kappa shape index (κ3) is 4.93. The topological polar surface area (TPSA) is 53.0 Å². The number of amides is 1. The Morgan fingerprint density at radius 1 is 1.22 bits per heavy atom. The van der Waals surface area contributed by atoms with Gasteiger partial charge in [-0.15, -0.1) is 0 Å². The molecule has 0 radical (unpaired) electrons. The molecule has 0 spiro atoms. The van der Waals surface area contributed by atoms with Crippen LogP contribution in [0.25, 0.3) is 0 Å². The fourth-order valence-electron chi connectivity index (χ4n) is 3.22. The third-order valence-corrected chi connectivity index (χ3v) is 4.99. The van der Waals surface area contributed by atoms with Crippen LogP contribution >= 0.6 is 11.6 Å². The lowest BCUT2D eigenvalue weighted by atomic mass is 10.1. The number of hydrogen-bond acceptors (Lipinski definition) is 4. The first-order valence-electron chi connectivity index (χ1n) is 9.09. The first kappa shape index (κ1) is 19.5. The molecule has 27 heavy (non-hydrogen) atoms. The van der Waals surface area contributed by atoms with Crippen molar-refractivity contribution < 1.29 is 14.6 Å². The van der Waals surface area contributed by atoms with Gasteiger partial charge in [-0.1, -0.05) is 23.7 Å². The molecule has 0 saturated carbocycles. The molecule has 1 amide bonds.